The number of hydrogen-bond donors (Lipinski definition) is 1. The molecule has 0 saturated carbocycles. The van der Waals surface area contributed by atoms with E-state index in [0.717, 1.165) is 0 Å². The maximum atomic E-state index is 12.8. The number of halogens is 2. The van der Waals surface area contributed by atoms with Crippen LogP contribution in [0.4, 0.5) is 4.39 Å². The lowest BCUT2D eigenvalue weighted by Crippen LogP contribution is -2.28. The van der Waals surface area contributed by atoms with Crippen LogP contribution in [-0.4, -0.2) is 26.1 Å². The minimum atomic E-state index is -3.94. The number of hydrogen-bond acceptors (Lipinski definition) is 5. The number of fused-ring (bicyclic) bond motifs is 1. The molecule has 0 spiro atoms. The highest BCUT2D eigenvalue weighted by Gasteiger charge is 2.21. The first-order valence-corrected chi connectivity index (χ1v) is 9.31. The van der Waals surface area contributed by atoms with Crippen LogP contribution in [0.25, 0.3) is 11.1 Å². The highest BCUT2D eigenvalue weighted by Crippen LogP contribution is 2.26. The smallest absolute Gasteiger partial charge is 0.419 e. The molecule has 1 aromatic heterocycles. The summed E-state index contributed by atoms with van der Waals surface area (Å²) in [7, 11) is -2.45. The fraction of sp³-hybridized carbons (Fsp3) is 0.188. The zero-order valence-corrected chi connectivity index (χ0v) is 15.1. The van der Waals surface area contributed by atoms with Crippen LogP contribution in [0.3, 0.4) is 0 Å². The summed E-state index contributed by atoms with van der Waals surface area (Å²) < 4.78 is 51.5. The van der Waals surface area contributed by atoms with Gasteiger partial charge < -0.3 is 9.15 Å². The summed E-state index contributed by atoms with van der Waals surface area (Å²) in [6, 6.07) is 7.90. The number of rotatable bonds is 6. The lowest BCUT2D eigenvalue weighted by molar-refractivity contribution is 0.322. The summed E-state index contributed by atoms with van der Waals surface area (Å²) in [4.78, 5) is 11.3. The Bertz CT molecular complexity index is 1110. The van der Waals surface area contributed by atoms with Crippen molar-refractivity contribution >= 4 is 32.7 Å². The molecule has 0 atom stereocenters. The minimum Gasteiger partial charge on any atom is -0.492 e. The molecule has 0 aliphatic heterocycles. The number of nitrogens with zero attached hydrogens (tertiary/aromatic N) is 1. The Hall–Kier alpha value is -2.36. The van der Waals surface area contributed by atoms with Gasteiger partial charge in [-0.3, -0.25) is 4.57 Å². The van der Waals surface area contributed by atoms with E-state index in [4.69, 9.17) is 20.8 Å². The molecule has 0 amide bonds. The Morgan fingerprint density at radius 2 is 1.96 bits per heavy atom. The minimum absolute atomic E-state index is 0.0329. The summed E-state index contributed by atoms with van der Waals surface area (Å²) in [6.45, 7) is -0.00202. The van der Waals surface area contributed by atoms with Crippen molar-refractivity contribution in [2.24, 2.45) is 7.05 Å². The van der Waals surface area contributed by atoms with Gasteiger partial charge in [-0.2, -0.15) is 0 Å². The molecule has 1 heterocycles. The Balaban J connectivity index is 1.71. The lowest BCUT2D eigenvalue weighted by Gasteiger charge is -2.10. The molecular formula is C16H14ClFN2O5S. The van der Waals surface area contributed by atoms with E-state index in [1.165, 1.54) is 48.0 Å². The van der Waals surface area contributed by atoms with Crippen LogP contribution >= 0.6 is 11.6 Å². The van der Waals surface area contributed by atoms with Crippen LogP contribution in [0.5, 0.6) is 5.75 Å². The van der Waals surface area contributed by atoms with Crippen molar-refractivity contribution in [1.82, 2.24) is 9.29 Å². The highest BCUT2D eigenvalue weighted by molar-refractivity contribution is 7.89. The van der Waals surface area contributed by atoms with Gasteiger partial charge in [-0.1, -0.05) is 11.6 Å². The molecule has 1 N–H and O–H groups in total. The van der Waals surface area contributed by atoms with Crippen LogP contribution in [0.2, 0.25) is 5.02 Å². The predicted molar refractivity (Wildman–Crippen MR) is 93.5 cm³/mol. The number of aryl methyl sites for hydroxylation is 1. The molecule has 3 rings (SSSR count). The third kappa shape index (κ3) is 3.74. The van der Waals surface area contributed by atoms with E-state index in [2.05, 4.69) is 4.72 Å². The van der Waals surface area contributed by atoms with Crippen LogP contribution in [0.1, 0.15) is 0 Å². The van der Waals surface area contributed by atoms with Crippen molar-refractivity contribution in [3.8, 4) is 5.75 Å². The second-order valence-electron chi connectivity index (χ2n) is 5.38. The van der Waals surface area contributed by atoms with Crippen molar-refractivity contribution in [2.75, 3.05) is 13.2 Å². The zero-order chi connectivity index (χ0) is 18.9. The van der Waals surface area contributed by atoms with Crippen LogP contribution in [-0.2, 0) is 17.1 Å². The van der Waals surface area contributed by atoms with E-state index in [-0.39, 0.29) is 28.7 Å². The van der Waals surface area contributed by atoms with E-state index in [1.54, 1.807) is 0 Å². The molecule has 10 heteroatoms. The SMILES string of the molecule is Cn1c(=O)oc2cc(S(=O)(=O)NCCOc3ccc(F)cc3)c(Cl)cc21. The van der Waals surface area contributed by atoms with E-state index < -0.39 is 21.6 Å². The van der Waals surface area contributed by atoms with Crippen LogP contribution in [0.15, 0.2) is 50.5 Å². The van der Waals surface area contributed by atoms with Gasteiger partial charge >= 0.3 is 5.76 Å². The van der Waals surface area contributed by atoms with Gasteiger partial charge in [-0.25, -0.2) is 22.3 Å². The maximum absolute atomic E-state index is 12.8. The Morgan fingerprint density at radius 1 is 1.27 bits per heavy atom. The third-order valence-electron chi connectivity index (χ3n) is 3.61. The summed E-state index contributed by atoms with van der Waals surface area (Å²) in [5, 5.41) is -0.0409. The van der Waals surface area contributed by atoms with E-state index >= 15 is 0 Å². The molecular weight excluding hydrogens is 387 g/mol. The molecule has 138 valence electrons. The number of oxazole rings is 1. The largest absolute Gasteiger partial charge is 0.492 e. The van der Waals surface area contributed by atoms with Crippen LogP contribution < -0.4 is 15.2 Å². The molecule has 0 unspecified atom stereocenters. The van der Waals surface area contributed by atoms with Crippen molar-refractivity contribution in [2.45, 2.75) is 4.90 Å². The number of nitrogens with one attached hydrogen (secondary N) is 1. The van der Waals surface area contributed by atoms with Crippen molar-refractivity contribution in [3.05, 3.63) is 57.8 Å². The van der Waals surface area contributed by atoms with Crippen molar-refractivity contribution < 1.29 is 22.0 Å². The standard InChI is InChI=1S/C16H14ClFN2O5S/c1-20-13-8-12(17)15(9-14(13)25-16(20)21)26(22,23)19-6-7-24-11-4-2-10(18)3-5-11/h2-5,8-9,19H,6-7H2,1H3. The molecule has 0 aliphatic carbocycles. The number of ether oxygens (including phenoxy) is 1. The van der Waals surface area contributed by atoms with Gasteiger partial charge in [0.2, 0.25) is 10.0 Å². The fourth-order valence-corrected chi connectivity index (χ4v) is 3.84. The molecule has 2 aromatic carbocycles. The summed E-state index contributed by atoms with van der Waals surface area (Å²) >= 11 is 6.05. The number of benzene rings is 2. The molecule has 3 aromatic rings. The third-order valence-corrected chi connectivity index (χ3v) is 5.54. The van der Waals surface area contributed by atoms with E-state index in [1.807, 2.05) is 0 Å². The number of aromatic nitrogens is 1. The zero-order valence-electron chi connectivity index (χ0n) is 13.5. The van der Waals surface area contributed by atoms with Crippen molar-refractivity contribution in [1.29, 1.82) is 0 Å². The summed E-state index contributed by atoms with van der Waals surface area (Å²) in [6.07, 6.45) is 0. The Kier molecular flexibility index (Phi) is 5.03. The monoisotopic (exact) mass is 400 g/mol. The second kappa shape index (κ2) is 7.10. The van der Waals surface area contributed by atoms with Gasteiger partial charge in [0.25, 0.3) is 0 Å². The Morgan fingerprint density at radius 3 is 2.65 bits per heavy atom. The normalized spacial score (nSPS) is 11.8. The molecule has 26 heavy (non-hydrogen) atoms. The fourth-order valence-electron chi connectivity index (χ4n) is 2.29. The summed E-state index contributed by atoms with van der Waals surface area (Å²) in [5.74, 6) is -0.599. The van der Waals surface area contributed by atoms with Gasteiger partial charge in [0.1, 0.15) is 23.1 Å². The van der Waals surface area contributed by atoms with Gasteiger partial charge in [-0.05, 0) is 30.3 Å². The van der Waals surface area contributed by atoms with Gasteiger partial charge in [-0.15, -0.1) is 0 Å². The molecule has 0 aliphatic rings. The quantitative estimate of drug-likeness (QED) is 0.641. The average molecular weight is 401 g/mol. The molecule has 0 radical (unpaired) electrons. The molecule has 0 bridgehead atoms. The first-order valence-electron chi connectivity index (χ1n) is 7.45. The molecule has 0 saturated heterocycles. The van der Waals surface area contributed by atoms with E-state index in [0.29, 0.717) is 11.3 Å². The highest BCUT2D eigenvalue weighted by atomic mass is 35.5. The average Bonchev–Trinajstić information content (AvgIpc) is 2.87. The van der Waals surface area contributed by atoms with Gasteiger partial charge in [0.15, 0.2) is 5.58 Å². The Labute approximate surface area is 153 Å². The van der Waals surface area contributed by atoms with Crippen molar-refractivity contribution in [3.63, 3.8) is 0 Å². The van der Waals surface area contributed by atoms with Gasteiger partial charge in [0.05, 0.1) is 10.5 Å². The topological polar surface area (TPSA) is 90.5 Å². The number of sulfonamides is 1. The van der Waals surface area contributed by atoms with Crippen LogP contribution in [0, 0.1) is 5.82 Å². The lowest BCUT2D eigenvalue weighted by atomic mass is 10.3. The predicted octanol–water partition coefficient (Wildman–Crippen LogP) is 2.28. The molecule has 7 nitrogen and oxygen atoms in total. The first kappa shape index (κ1) is 18.4. The van der Waals surface area contributed by atoms with E-state index in [9.17, 15) is 17.6 Å². The first-order chi connectivity index (χ1) is 12.3. The molecule has 0 fully saturated rings. The second-order valence-corrected chi connectivity index (χ2v) is 7.52. The van der Waals surface area contributed by atoms with Gasteiger partial charge in [0, 0.05) is 19.7 Å². The maximum Gasteiger partial charge on any atom is 0.419 e. The summed E-state index contributed by atoms with van der Waals surface area (Å²) in [5.41, 5.74) is 0.503.